The number of para-hydroxylation sites is 2. The van der Waals surface area contributed by atoms with Crippen LogP contribution in [0.5, 0.6) is 0 Å². The lowest BCUT2D eigenvalue weighted by atomic mass is 10.1. The molecule has 104 valence electrons. The van der Waals surface area contributed by atoms with Crippen molar-refractivity contribution >= 4 is 16.8 Å². The van der Waals surface area contributed by atoms with Crippen molar-refractivity contribution in [3.8, 4) is 0 Å². The molecule has 0 aliphatic rings. The Morgan fingerprint density at radius 3 is 2.38 bits per heavy atom. The fourth-order valence-corrected chi connectivity index (χ4v) is 1.91. The average Bonchev–Trinajstić information content (AvgIpc) is 2.52. The number of carbonyl (C=O) groups is 1. The second-order valence-electron chi connectivity index (χ2n) is 4.30. The van der Waals surface area contributed by atoms with E-state index in [0.29, 0.717) is 17.1 Å². The van der Waals surface area contributed by atoms with E-state index in [2.05, 4.69) is 9.97 Å². The van der Waals surface area contributed by atoms with Crippen LogP contribution in [0.1, 0.15) is 16.1 Å². The van der Waals surface area contributed by atoms with Gasteiger partial charge in [0.2, 0.25) is 5.78 Å². The summed E-state index contributed by atoms with van der Waals surface area (Å²) in [7, 11) is 0. The Bertz CT molecular complexity index is 865. The zero-order valence-corrected chi connectivity index (χ0v) is 10.5. The zero-order chi connectivity index (χ0) is 15.0. The third-order valence-electron chi connectivity index (χ3n) is 2.96. The molecule has 0 N–H and O–H groups in total. The number of carbonyl (C=O) groups excluding carboxylic acids is 1. The molecule has 0 fully saturated rings. The van der Waals surface area contributed by atoms with Crippen LogP contribution in [0.4, 0.5) is 13.2 Å². The van der Waals surface area contributed by atoms with E-state index in [1.807, 2.05) is 0 Å². The third kappa shape index (κ3) is 2.24. The Hall–Kier alpha value is -2.76. The number of ketones is 1. The van der Waals surface area contributed by atoms with Gasteiger partial charge in [-0.2, -0.15) is 0 Å². The fraction of sp³-hybridized carbons (Fsp3) is 0. The molecule has 3 aromatic rings. The van der Waals surface area contributed by atoms with Crippen LogP contribution in [0, 0.1) is 17.5 Å². The van der Waals surface area contributed by atoms with Crippen LogP contribution in [0.15, 0.2) is 42.6 Å². The molecule has 1 aromatic heterocycles. The molecule has 0 atom stereocenters. The van der Waals surface area contributed by atoms with E-state index in [0.717, 1.165) is 6.07 Å². The first-order chi connectivity index (χ1) is 10.1. The fourth-order valence-electron chi connectivity index (χ4n) is 1.91. The van der Waals surface area contributed by atoms with Crippen molar-refractivity contribution in [3.05, 3.63) is 71.3 Å². The summed E-state index contributed by atoms with van der Waals surface area (Å²) in [5, 5.41) is 0. The van der Waals surface area contributed by atoms with Crippen molar-refractivity contribution in [1.82, 2.24) is 9.97 Å². The summed E-state index contributed by atoms with van der Waals surface area (Å²) in [6.07, 6.45) is 1.17. The highest BCUT2D eigenvalue weighted by atomic mass is 19.2. The minimum Gasteiger partial charge on any atom is -0.287 e. The SMILES string of the molecule is O=C(c1cnc2ccccc2n1)c1ccc(F)c(F)c1F. The highest BCUT2D eigenvalue weighted by Crippen LogP contribution is 2.18. The molecule has 1 heterocycles. The summed E-state index contributed by atoms with van der Waals surface area (Å²) in [5.74, 6) is -5.43. The third-order valence-corrected chi connectivity index (χ3v) is 2.96. The van der Waals surface area contributed by atoms with E-state index in [4.69, 9.17) is 0 Å². The molecule has 0 bridgehead atoms. The van der Waals surface area contributed by atoms with Crippen molar-refractivity contribution in [1.29, 1.82) is 0 Å². The van der Waals surface area contributed by atoms with Gasteiger partial charge in [0, 0.05) is 0 Å². The average molecular weight is 288 g/mol. The van der Waals surface area contributed by atoms with Gasteiger partial charge in [-0.1, -0.05) is 12.1 Å². The lowest BCUT2D eigenvalue weighted by Crippen LogP contribution is -2.09. The number of halogens is 3. The summed E-state index contributed by atoms with van der Waals surface area (Å²) in [4.78, 5) is 20.2. The Morgan fingerprint density at radius 2 is 1.62 bits per heavy atom. The molecule has 0 radical (unpaired) electrons. The smallest absolute Gasteiger partial charge is 0.216 e. The number of hydrogen-bond acceptors (Lipinski definition) is 3. The van der Waals surface area contributed by atoms with Gasteiger partial charge in [0.05, 0.1) is 22.8 Å². The normalized spacial score (nSPS) is 10.8. The van der Waals surface area contributed by atoms with Crippen molar-refractivity contribution in [3.63, 3.8) is 0 Å². The van der Waals surface area contributed by atoms with Gasteiger partial charge in [-0.3, -0.25) is 9.78 Å². The van der Waals surface area contributed by atoms with Crippen LogP contribution < -0.4 is 0 Å². The van der Waals surface area contributed by atoms with Crippen LogP contribution in [0.3, 0.4) is 0 Å². The van der Waals surface area contributed by atoms with Gasteiger partial charge in [-0.25, -0.2) is 18.2 Å². The van der Waals surface area contributed by atoms with Crippen molar-refractivity contribution < 1.29 is 18.0 Å². The van der Waals surface area contributed by atoms with Crippen molar-refractivity contribution in [2.24, 2.45) is 0 Å². The van der Waals surface area contributed by atoms with E-state index < -0.39 is 28.8 Å². The highest BCUT2D eigenvalue weighted by molar-refractivity contribution is 6.08. The predicted octanol–water partition coefficient (Wildman–Crippen LogP) is 3.28. The zero-order valence-electron chi connectivity index (χ0n) is 10.5. The molecule has 0 aliphatic heterocycles. The Kier molecular flexibility index (Phi) is 3.13. The number of hydrogen-bond donors (Lipinski definition) is 0. The van der Waals surface area contributed by atoms with E-state index in [1.165, 1.54) is 6.20 Å². The van der Waals surface area contributed by atoms with E-state index in [-0.39, 0.29) is 5.69 Å². The number of benzene rings is 2. The Balaban J connectivity index is 2.10. The highest BCUT2D eigenvalue weighted by Gasteiger charge is 2.21. The van der Waals surface area contributed by atoms with Gasteiger partial charge in [0.1, 0.15) is 5.69 Å². The molecule has 0 amide bonds. The monoisotopic (exact) mass is 288 g/mol. The second kappa shape index (κ2) is 4.97. The molecule has 0 spiro atoms. The van der Waals surface area contributed by atoms with Crippen LogP contribution in [-0.4, -0.2) is 15.8 Å². The second-order valence-corrected chi connectivity index (χ2v) is 4.30. The summed E-state index contributed by atoms with van der Waals surface area (Å²) < 4.78 is 39.7. The number of nitrogens with zero attached hydrogens (tertiary/aromatic N) is 2. The first-order valence-electron chi connectivity index (χ1n) is 5.98. The molecule has 2 aromatic carbocycles. The van der Waals surface area contributed by atoms with Crippen molar-refractivity contribution in [2.45, 2.75) is 0 Å². The first kappa shape index (κ1) is 13.2. The molecule has 3 rings (SSSR count). The van der Waals surface area contributed by atoms with Crippen LogP contribution in [0.25, 0.3) is 11.0 Å². The first-order valence-corrected chi connectivity index (χ1v) is 5.98. The van der Waals surface area contributed by atoms with Gasteiger partial charge in [0.25, 0.3) is 0 Å². The van der Waals surface area contributed by atoms with Gasteiger partial charge < -0.3 is 0 Å². The maximum absolute atomic E-state index is 13.6. The molecule has 6 heteroatoms. The molecule has 0 saturated carbocycles. The quantitative estimate of drug-likeness (QED) is 0.537. The molecule has 0 saturated heterocycles. The van der Waals surface area contributed by atoms with Crippen LogP contribution in [-0.2, 0) is 0 Å². The van der Waals surface area contributed by atoms with Gasteiger partial charge >= 0.3 is 0 Å². The molecular formula is C15H7F3N2O. The Labute approximate surface area is 117 Å². The van der Waals surface area contributed by atoms with E-state index in [1.54, 1.807) is 24.3 Å². The lowest BCUT2D eigenvalue weighted by molar-refractivity contribution is 0.102. The van der Waals surface area contributed by atoms with Crippen LogP contribution in [0.2, 0.25) is 0 Å². The summed E-state index contributed by atoms with van der Waals surface area (Å²) >= 11 is 0. The number of fused-ring (bicyclic) bond motifs is 1. The molecular weight excluding hydrogens is 281 g/mol. The minimum atomic E-state index is -1.69. The largest absolute Gasteiger partial charge is 0.287 e. The van der Waals surface area contributed by atoms with E-state index >= 15 is 0 Å². The topological polar surface area (TPSA) is 42.9 Å². The van der Waals surface area contributed by atoms with Gasteiger partial charge in [0.15, 0.2) is 17.5 Å². The molecule has 21 heavy (non-hydrogen) atoms. The van der Waals surface area contributed by atoms with Gasteiger partial charge in [-0.05, 0) is 24.3 Å². The van der Waals surface area contributed by atoms with Gasteiger partial charge in [-0.15, -0.1) is 0 Å². The Morgan fingerprint density at radius 1 is 0.905 bits per heavy atom. The number of rotatable bonds is 2. The standard InChI is InChI=1S/C15H7F3N2O/c16-9-6-5-8(13(17)14(9)18)15(21)12-7-19-10-3-1-2-4-11(10)20-12/h1-7H. The molecule has 0 aliphatic carbocycles. The minimum absolute atomic E-state index is 0.140. The maximum atomic E-state index is 13.6. The summed E-state index contributed by atoms with van der Waals surface area (Å²) in [5.41, 5.74) is 0.295. The van der Waals surface area contributed by atoms with Crippen molar-refractivity contribution in [2.75, 3.05) is 0 Å². The lowest BCUT2D eigenvalue weighted by Gasteiger charge is -2.04. The molecule has 0 unspecified atom stereocenters. The van der Waals surface area contributed by atoms with Crippen LogP contribution >= 0.6 is 0 Å². The van der Waals surface area contributed by atoms with E-state index in [9.17, 15) is 18.0 Å². The predicted molar refractivity (Wildman–Crippen MR) is 69.3 cm³/mol. The summed E-state index contributed by atoms with van der Waals surface area (Å²) in [6.45, 7) is 0. The maximum Gasteiger partial charge on any atom is 0.216 e. The summed E-state index contributed by atoms with van der Waals surface area (Å²) in [6, 6.07) is 8.39. The number of aromatic nitrogens is 2. The molecule has 3 nitrogen and oxygen atoms in total.